The maximum atomic E-state index is 13.3. The molecule has 29 heavy (non-hydrogen) atoms. The van der Waals surface area contributed by atoms with Gasteiger partial charge in [-0.25, -0.2) is 4.98 Å². The molecule has 0 N–H and O–H groups in total. The second-order valence-electron chi connectivity index (χ2n) is 7.68. The topological polar surface area (TPSA) is 38.1 Å². The van der Waals surface area contributed by atoms with E-state index in [4.69, 9.17) is 4.98 Å². The fourth-order valence-electron chi connectivity index (χ4n) is 3.58. The normalized spacial score (nSPS) is 11.3. The number of fused-ring (bicyclic) bond motifs is 1. The van der Waals surface area contributed by atoms with E-state index in [2.05, 4.69) is 36.6 Å². The summed E-state index contributed by atoms with van der Waals surface area (Å²) in [7, 11) is 0. The molecule has 0 bridgehead atoms. The number of hydrogen-bond acceptors (Lipinski definition) is 3. The highest BCUT2D eigenvalue weighted by Gasteiger charge is 2.22. The minimum Gasteiger partial charge on any atom is -0.330 e. The number of carbonyl (C=O) groups excluding carboxylic acids is 1. The van der Waals surface area contributed by atoms with Crippen molar-refractivity contribution in [2.75, 3.05) is 6.54 Å². The van der Waals surface area contributed by atoms with E-state index in [-0.39, 0.29) is 5.91 Å². The lowest BCUT2D eigenvalue weighted by Crippen LogP contribution is -2.34. The van der Waals surface area contributed by atoms with Crippen LogP contribution in [0.15, 0.2) is 66.7 Å². The van der Waals surface area contributed by atoms with Gasteiger partial charge in [-0.1, -0.05) is 44.2 Å². The molecule has 0 saturated carbocycles. The lowest BCUT2D eigenvalue weighted by Gasteiger charge is -2.24. The molecule has 5 heteroatoms. The van der Waals surface area contributed by atoms with Crippen molar-refractivity contribution in [2.24, 2.45) is 5.92 Å². The molecule has 0 aliphatic heterocycles. The van der Waals surface area contributed by atoms with Crippen LogP contribution in [0.4, 0.5) is 0 Å². The van der Waals surface area contributed by atoms with Crippen LogP contribution in [0.2, 0.25) is 0 Å². The minimum absolute atomic E-state index is 0.0727. The Hall–Kier alpha value is -2.92. The van der Waals surface area contributed by atoms with Gasteiger partial charge in [-0.2, -0.15) is 0 Å². The second-order valence-corrected chi connectivity index (χ2v) is 8.97. The number of nitrogens with zero attached hydrogens (tertiary/aromatic N) is 3. The number of hydrogen-bond donors (Lipinski definition) is 0. The molecule has 0 aliphatic carbocycles. The Kier molecular flexibility index (Phi) is 5.49. The number of imidazole rings is 1. The third kappa shape index (κ3) is 4.10. The zero-order chi connectivity index (χ0) is 20.4. The van der Waals surface area contributed by atoms with E-state index >= 15 is 0 Å². The predicted octanol–water partition coefficient (Wildman–Crippen LogP) is 5.69. The Labute approximate surface area is 175 Å². The minimum atomic E-state index is 0.0727. The third-order valence-corrected chi connectivity index (χ3v) is 5.79. The van der Waals surface area contributed by atoms with Gasteiger partial charge in [-0.3, -0.25) is 9.36 Å². The summed E-state index contributed by atoms with van der Waals surface area (Å²) in [6.07, 6.45) is 0. The van der Waals surface area contributed by atoms with Gasteiger partial charge in [0.25, 0.3) is 5.91 Å². The van der Waals surface area contributed by atoms with Crippen LogP contribution in [0.3, 0.4) is 0 Å². The molecular formula is C24H25N3OS. The van der Waals surface area contributed by atoms with Crippen LogP contribution in [-0.2, 0) is 6.54 Å². The molecule has 4 aromatic rings. The van der Waals surface area contributed by atoms with Crippen LogP contribution in [0.25, 0.3) is 16.7 Å². The van der Waals surface area contributed by atoms with Crippen molar-refractivity contribution in [3.63, 3.8) is 0 Å². The average Bonchev–Trinajstić information content (AvgIpc) is 3.30. The van der Waals surface area contributed by atoms with Crippen molar-refractivity contribution >= 4 is 28.3 Å². The van der Waals surface area contributed by atoms with Crippen molar-refractivity contribution in [1.82, 2.24) is 14.5 Å². The van der Waals surface area contributed by atoms with Crippen molar-refractivity contribution in [1.29, 1.82) is 0 Å². The van der Waals surface area contributed by atoms with Crippen LogP contribution >= 0.6 is 11.3 Å². The zero-order valence-corrected chi connectivity index (χ0v) is 17.8. The molecule has 0 fully saturated rings. The van der Waals surface area contributed by atoms with Gasteiger partial charge in [0.1, 0.15) is 5.82 Å². The summed E-state index contributed by atoms with van der Waals surface area (Å²) in [5.41, 5.74) is 3.05. The fraction of sp³-hybridized carbons (Fsp3) is 0.250. The smallest absolute Gasteiger partial charge is 0.264 e. The number of aromatic nitrogens is 2. The Balaban J connectivity index is 1.77. The molecule has 0 atom stereocenters. The SMILES string of the molecule is Cc1ccc(C(=O)N(Cc2nc3ccccc3n2-c2ccccc2)CC(C)C)s1. The van der Waals surface area contributed by atoms with Gasteiger partial charge < -0.3 is 4.90 Å². The highest BCUT2D eigenvalue weighted by atomic mass is 32.1. The third-order valence-electron chi connectivity index (χ3n) is 4.80. The first-order chi connectivity index (χ1) is 14.0. The first-order valence-electron chi connectivity index (χ1n) is 9.90. The molecule has 148 valence electrons. The second kappa shape index (κ2) is 8.21. The lowest BCUT2D eigenvalue weighted by molar-refractivity contribution is 0.0722. The van der Waals surface area contributed by atoms with Gasteiger partial charge in [0.2, 0.25) is 0 Å². The largest absolute Gasteiger partial charge is 0.330 e. The van der Waals surface area contributed by atoms with E-state index < -0.39 is 0 Å². The molecule has 0 spiro atoms. The Morgan fingerprint density at radius 1 is 1.03 bits per heavy atom. The molecule has 2 heterocycles. The molecule has 0 radical (unpaired) electrons. The summed E-state index contributed by atoms with van der Waals surface area (Å²) in [6.45, 7) is 7.47. The average molecular weight is 404 g/mol. The van der Waals surface area contributed by atoms with Crippen molar-refractivity contribution < 1.29 is 4.79 Å². The predicted molar refractivity (Wildman–Crippen MR) is 120 cm³/mol. The van der Waals surface area contributed by atoms with E-state index in [9.17, 15) is 4.79 Å². The van der Waals surface area contributed by atoms with Crippen molar-refractivity contribution in [3.8, 4) is 5.69 Å². The molecular weight excluding hydrogens is 378 g/mol. The zero-order valence-electron chi connectivity index (χ0n) is 17.0. The Bertz CT molecular complexity index is 1130. The van der Waals surface area contributed by atoms with Gasteiger partial charge >= 0.3 is 0 Å². The number of para-hydroxylation sites is 3. The van der Waals surface area contributed by atoms with Crippen molar-refractivity contribution in [2.45, 2.75) is 27.3 Å². The molecule has 0 unspecified atom stereocenters. The number of rotatable bonds is 6. The van der Waals surface area contributed by atoms with Crippen LogP contribution in [-0.4, -0.2) is 26.9 Å². The van der Waals surface area contributed by atoms with E-state index in [1.54, 1.807) is 11.3 Å². The lowest BCUT2D eigenvalue weighted by atomic mass is 10.2. The van der Waals surface area contributed by atoms with Crippen molar-refractivity contribution in [3.05, 3.63) is 82.3 Å². The number of carbonyl (C=O) groups is 1. The van der Waals surface area contributed by atoms with E-state index in [1.165, 1.54) is 0 Å². The molecule has 4 rings (SSSR count). The number of benzene rings is 2. The van der Waals surface area contributed by atoms with Crippen LogP contribution in [0, 0.1) is 12.8 Å². The first kappa shape index (κ1) is 19.4. The van der Waals surface area contributed by atoms with E-state index in [1.807, 2.05) is 60.4 Å². The highest BCUT2D eigenvalue weighted by Crippen LogP contribution is 2.24. The van der Waals surface area contributed by atoms with E-state index in [0.29, 0.717) is 19.0 Å². The molecule has 4 nitrogen and oxygen atoms in total. The number of amides is 1. The first-order valence-corrected chi connectivity index (χ1v) is 10.7. The Morgan fingerprint density at radius 2 is 1.76 bits per heavy atom. The van der Waals surface area contributed by atoms with Gasteiger partial charge in [0.15, 0.2) is 0 Å². The van der Waals surface area contributed by atoms with Gasteiger partial charge in [0.05, 0.1) is 22.5 Å². The highest BCUT2D eigenvalue weighted by molar-refractivity contribution is 7.13. The van der Waals surface area contributed by atoms with Gasteiger partial charge in [-0.15, -0.1) is 11.3 Å². The molecule has 2 aromatic carbocycles. The molecule has 2 aromatic heterocycles. The number of thiophene rings is 1. The fourth-order valence-corrected chi connectivity index (χ4v) is 4.42. The van der Waals surface area contributed by atoms with E-state index in [0.717, 1.165) is 32.3 Å². The summed E-state index contributed by atoms with van der Waals surface area (Å²) < 4.78 is 2.16. The van der Waals surface area contributed by atoms with Crippen LogP contribution in [0.5, 0.6) is 0 Å². The standard InChI is InChI=1S/C24H25N3OS/c1-17(2)15-26(24(28)22-14-13-18(3)29-22)16-23-25-20-11-7-8-12-21(20)27(23)19-9-5-4-6-10-19/h4-14,17H,15-16H2,1-3H3. The summed E-state index contributed by atoms with van der Waals surface area (Å²) in [5, 5.41) is 0. The quantitative estimate of drug-likeness (QED) is 0.414. The summed E-state index contributed by atoms with van der Waals surface area (Å²) >= 11 is 1.55. The number of aryl methyl sites for hydroxylation is 1. The van der Waals surface area contributed by atoms with Gasteiger partial charge in [0, 0.05) is 17.1 Å². The van der Waals surface area contributed by atoms with Gasteiger partial charge in [-0.05, 0) is 49.2 Å². The molecule has 0 saturated heterocycles. The Morgan fingerprint density at radius 3 is 2.45 bits per heavy atom. The monoisotopic (exact) mass is 403 g/mol. The summed E-state index contributed by atoms with van der Waals surface area (Å²) in [4.78, 5) is 22.0. The van der Waals surface area contributed by atoms with Crippen LogP contribution in [0.1, 0.15) is 34.2 Å². The maximum Gasteiger partial charge on any atom is 0.264 e. The maximum absolute atomic E-state index is 13.3. The van der Waals surface area contributed by atoms with Crippen LogP contribution < -0.4 is 0 Å². The summed E-state index contributed by atoms with van der Waals surface area (Å²) in [5.74, 6) is 1.32. The molecule has 0 aliphatic rings. The molecule has 1 amide bonds. The summed E-state index contributed by atoms with van der Waals surface area (Å²) in [6, 6.07) is 22.3.